The Labute approximate surface area is 117 Å². The summed E-state index contributed by atoms with van der Waals surface area (Å²) in [4.78, 5) is 27.1. The van der Waals surface area contributed by atoms with Gasteiger partial charge in [0.2, 0.25) is 5.91 Å². The van der Waals surface area contributed by atoms with Gasteiger partial charge in [0.05, 0.1) is 24.7 Å². The van der Waals surface area contributed by atoms with Gasteiger partial charge in [0, 0.05) is 18.0 Å². The second-order valence-corrected chi connectivity index (χ2v) is 4.51. The number of nitrogens with one attached hydrogen (secondary N) is 1. The number of fused-ring (bicyclic) bond motifs is 1. The molecule has 1 N–H and O–H groups in total. The van der Waals surface area contributed by atoms with Crippen LogP contribution < -0.4 is 5.32 Å². The number of esters is 1. The van der Waals surface area contributed by atoms with E-state index in [1.807, 2.05) is 31.2 Å². The van der Waals surface area contributed by atoms with E-state index in [9.17, 15) is 9.59 Å². The summed E-state index contributed by atoms with van der Waals surface area (Å²) < 4.78 is 4.51. The Balaban J connectivity index is 2.17. The van der Waals surface area contributed by atoms with Gasteiger partial charge in [0.15, 0.2) is 0 Å². The second kappa shape index (κ2) is 6.14. The van der Waals surface area contributed by atoms with E-state index in [0.717, 1.165) is 16.5 Å². The molecule has 1 aromatic carbocycles. The Morgan fingerprint density at radius 3 is 2.85 bits per heavy atom. The number of aromatic nitrogens is 1. The van der Waals surface area contributed by atoms with Gasteiger partial charge in [-0.2, -0.15) is 0 Å². The number of rotatable bonds is 4. The zero-order valence-electron chi connectivity index (χ0n) is 11.5. The van der Waals surface area contributed by atoms with Crippen molar-refractivity contribution in [1.82, 2.24) is 4.98 Å². The van der Waals surface area contributed by atoms with E-state index in [4.69, 9.17) is 0 Å². The van der Waals surface area contributed by atoms with Crippen LogP contribution in [-0.4, -0.2) is 24.0 Å². The molecule has 0 radical (unpaired) electrons. The number of amides is 1. The smallest absolute Gasteiger partial charge is 0.306 e. The summed E-state index contributed by atoms with van der Waals surface area (Å²) >= 11 is 0. The van der Waals surface area contributed by atoms with Gasteiger partial charge >= 0.3 is 5.97 Å². The van der Waals surface area contributed by atoms with Crippen LogP contribution in [0.15, 0.2) is 30.5 Å². The van der Waals surface area contributed by atoms with Crippen LogP contribution in [0.2, 0.25) is 0 Å². The van der Waals surface area contributed by atoms with E-state index < -0.39 is 5.97 Å². The number of nitrogens with zero attached hydrogens (tertiary/aromatic N) is 1. The third-order valence-corrected chi connectivity index (χ3v) is 2.91. The molecular formula is C15H16N2O3. The van der Waals surface area contributed by atoms with Gasteiger partial charge in [0.25, 0.3) is 0 Å². The summed E-state index contributed by atoms with van der Waals surface area (Å²) in [6, 6.07) is 7.67. The quantitative estimate of drug-likeness (QED) is 0.868. The van der Waals surface area contributed by atoms with E-state index in [2.05, 4.69) is 15.0 Å². The van der Waals surface area contributed by atoms with Crippen LogP contribution in [0.5, 0.6) is 0 Å². The number of aryl methyl sites for hydroxylation is 1. The number of hydrogen-bond donors (Lipinski definition) is 1. The van der Waals surface area contributed by atoms with Crippen LogP contribution in [0.3, 0.4) is 0 Å². The molecule has 5 nitrogen and oxygen atoms in total. The lowest BCUT2D eigenvalue weighted by Crippen LogP contribution is -2.14. The first-order chi connectivity index (χ1) is 9.60. The molecule has 0 aliphatic carbocycles. The highest BCUT2D eigenvalue weighted by atomic mass is 16.5. The maximum absolute atomic E-state index is 11.8. The summed E-state index contributed by atoms with van der Waals surface area (Å²) in [6.07, 6.45) is 1.84. The number of anilines is 1. The SMILES string of the molecule is COC(=O)CCC(=O)Nc1cc(C)cc2cccnc12. The third-order valence-electron chi connectivity index (χ3n) is 2.91. The van der Waals surface area contributed by atoms with E-state index in [0.29, 0.717) is 5.69 Å². The minimum Gasteiger partial charge on any atom is -0.469 e. The van der Waals surface area contributed by atoms with Gasteiger partial charge in [-0.05, 0) is 30.7 Å². The average molecular weight is 272 g/mol. The number of methoxy groups -OCH3 is 1. The minimum absolute atomic E-state index is 0.0690. The van der Waals surface area contributed by atoms with Crippen LogP contribution in [0, 0.1) is 6.92 Å². The van der Waals surface area contributed by atoms with Crippen molar-refractivity contribution in [3.8, 4) is 0 Å². The van der Waals surface area contributed by atoms with Crippen LogP contribution in [0.4, 0.5) is 5.69 Å². The Morgan fingerprint density at radius 1 is 1.30 bits per heavy atom. The highest BCUT2D eigenvalue weighted by molar-refractivity contribution is 6.01. The summed E-state index contributed by atoms with van der Waals surface area (Å²) in [5.41, 5.74) is 2.44. The van der Waals surface area contributed by atoms with Gasteiger partial charge in [-0.25, -0.2) is 0 Å². The fourth-order valence-corrected chi connectivity index (χ4v) is 1.97. The average Bonchev–Trinajstić information content (AvgIpc) is 2.44. The molecule has 0 saturated carbocycles. The topological polar surface area (TPSA) is 68.3 Å². The monoisotopic (exact) mass is 272 g/mol. The predicted octanol–water partition coefficient (Wildman–Crippen LogP) is 2.43. The number of benzene rings is 1. The fourth-order valence-electron chi connectivity index (χ4n) is 1.97. The lowest BCUT2D eigenvalue weighted by atomic mass is 10.1. The van der Waals surface area contributed by atoms with E-state index in [1.165, 1.54) is 7.11 Å². The van der Waals surface area contributed by atoms with Gasteiger partial charge in [-0.1, -0.05) is 6.07 Å². The molecule has 20 heavy (non-hydrogen) atoms. The summed E-state index contributed by atoms with van der Waals surface area (Å²) in [7, 11) is 1.30. The molecule has 0 spiro atoms. The maximum atomic E-state index is 11.8. The molecule has 1 aromatic heterocycles. The summed E-state index contributed by atoms with van der Waals surface area (Å²) in [5, 5.41) is 3.76. The van der Waals surface area contributed by atoms with Crippen molar-refractivity contribution in [2.75, 3.05) is 12.4 Å². The first kappa shape index (κ1) is 14.0. The van der Waals surface area contributed by atoms with Gasteiger partial charge in [-0.3, -0.25) is 14.6 Å². The molecule has 1 amide bonds. The fraction of sp³-hybridized carbons (Fsp3) is 0.267. The number of carbonyl (C=O) groups excluding carboxylic acids is 2. The maximum Gasteiger partial charge on any atom is 0.306 e. The zero-order chi connectivity index (χ0) is 14.5. The highest BCUT2D eigenvalue weighted by Crippen LogP contribution is 2.23. The van der Waals surface area contributed by atoms with Crippen molar-refractivity contribution in [2.45, 2.75) is 19.8 Å². The van der Waals surface area contributed by atoms with Crippen LogP contribution in [0.1, 0.15) is 18.4 Å². The lowest BCUT2D eigenvalue weighted by Gasteiger charge is -2.09. The normalized spacial score (nSPS) is 10.3. The summed E-state index contributed by atoms with van der Waals surface area (Å²) in [5.74, 6) is -0.625. The Morgan fingerprint density at radius 2 is 2.10 bits per heavy atom. The van der Waals surface area contributed by atoms with E-state index in [1.54, 1.807) is 6.20 Å². The second-order valence-electron chi connectivity index (χ2n) is 4.51. The van der Waals surface area contributed by atoms with E-state index >= 15 is 0 Å². The Hall–Kier alpha value is -2.43. The molecule has 5 heteroatoms. The van der Waals surface area contributed by atoms with Crippen molar-refractivity contribution in [2.24, 2.45) is 0 Å². The number of carbonyl (C=O) groups is 2. The highest BCUT2D eigenvalue weighted by Gasteiger charge is 2.10. The Kier molecular flexibility index (Phi) is 4.30. The van der Waals surface area contributed by atoms with Crippen LogP contribution >= 0.6 is 0 Å². The first-order valence-electron chi connectivity index (χ1n) is 6.32. The van der Waals surface area contributed by atoms with Crippen LogP contribution in [-0.2, 0) is 14.3 Å². The predicted molar refractivity (Wildman–Crippen MR) is 76.4 cm³/mol. The molecule has 0 aliphatic rings. The van der Waals surface area contributed by atoms with Crippen molar-refractivity contribution < 1.29 is 14.3 Å². The molecule has 104 valence electrons. The Bertz CT molecular complexity index is 653. The molecule has 0 saturated heterocycles. The van der Waals surface area contributed by atoms with Crippen molar-refractivity contribution in [3.05, 3.63) is 36.0 Å². The molecule has 0 atom stereocenters. The third kappa shape index (κ3) is 3.32. The molecule has 2 rings (SSSR count). The molecule has 2 aromatic rings. The molecule has 1 heterocycles. The number of hydrogen-bond acceptors (Lipinski definition) is 4. The molecular weight excluding hydrogens is 256 g/mol. The van der Waals surface area contributed by atoms with Gasteiger partial charge in [-0.15, -0.1) is 0 Å². The molecule has 0 aliphatic heterocycles. The molecule has 0 fully saturated rings. The van der Waals surface area contributed by atoms with E-state index in [-0.39, 0.29) is 18.7 Å². The standard InChI is InChI=1S/C15H16N2O3/c1-10-8-11-4-3-7-16-15(11)12(9-10)17-13(18)5-6-14(19)20-2/h3-4,7-9H,5-6H2,1-2H3,(H,17,18). The van der Waals surface area contributed by atoms with Crippen molar-refractivity contribution in [1.29, 1.82) is 0 Å². The zero-order valence-corrected chi connectivity index (χ0v) is 11.5. The lowest BCUT2D eigenvalue weighted by molar-refractivity contribution is -0.141. The molecule has 0 bridgehead atoms. The number of pyridine rings is 1. The van der Waals surface area contributed by atoms with Gasteiger partial charge < -0.3 is 10.1 Å². The molecule has 0 unspecified atom stereocenters. The van der Waals surface area contributed by atoms with Crippen molar-refractivity contribution in [3.63, 3.8) is 0 Å². The van der Waals surface area contributed by atoms with Crippen LogP contribution in [0.25, 0.3) is 10.9 Å². The first-order valence-corrected chi connectivity index (χ1v) is 6.32. The van der Waals surface area contributed by atoms with Gasteiger partial charge in [0.1, 0.15) is 0 Å². The largest absolute Gasteiger partial charge is 0.469 e. The minimum atomic E-state index is -0.396. The summed E-state index contributed by atoms with van der Waals surface area (Å²) in [6.45, 7) is 1.95. The number of ether oxygens (including phenoxy) is 1. The van der Waals surface area contributed by atoms with Crippen molar-refractivity contribution >= 4 is 28.5 Å².